The third-order valence-electron chi connectivity index (χ3n) is 4.51. The van der Waals surface area contributed by atoms with E-state index in [1.54, 1.807) is 0 Å². The van der Waals surface area contributed by atoms with Crippen LogP contribution >= 0.6 is 0 Å². The second kappa shape index (κ2) is 8.00. The Balaban J connectivity index is 1.98. The standard InChI is InChI=1S/C24H21F2N/c1-16-9-7-8-12-23(16)17(2)18(3)24(19-10-5-4-6-11-19)27-22-14-20(25)13-21(26)15-22/h4-15,24,27H,2-3H2,1H3. The van der Waals surface area contributed by atoms with Gasteiger partial charge in [-0.3, -0.25) is 0 Å². The summed E-state index contributed by atoms with van der Waals surface area (Å²) in [5.74, 6) is -1.26. The summed E-state index contributed by atoms with van der Waals surface area (Å²) in [6, 6.07) is 20.6. The Morgan fingerprint density at radius 1 is 0.852 bits per heavy atom. The maximum absolute atomic E-state index is 13.6. The third-order valence-corrected chi connectivity index (χ3v) is 4.51. The van der Waals surface area contributed by atoms with Gasteiger partial charge >= 0.3 is 0 Å². The van der Waals surface area contributed by atoms with Gasteiger partial charge in [-0.15, -0.1) is 0 Å². The Kier molecular flexibility index (Phi) is 5.51. The van der Waals surface area contributed by atoms with Gasteiger partial charge in [-0.1, -0.05) is 67.8 Å². The molecule has 136 valence electrons. The number of aryl methyl sites for hydroxylation is 1. The van der Waals surface area contributed by atoms with Crippen LogP contribution in [0.25, 0.3) is 5.57 Å². The number of hydrogen-bond acceptors (Lipinski definition) is 1. The highest BCUT2D eigenvalue weighted by Gasteiger charge is 2.19. The van der Waals surface area contributed by atoms with Crippen LogP contribution in [0, 0.1) is 18.6 Å². The van der Waals surface area contributed by atoms with Gasteiger partial charge in [-0.05, 0) is 46.9 Å². The largest absolute Gasteiger partial charge is 0.374 e. The summed E-state index contributed by atoms with van der Waals surface area (Å²) in [7, 11) is 0. The van der Waals surface area contributed by atoms with Gasteiger partial charge in [0.15, 0.2) is 0 Å². The van der Waals surface area contributed by atoms with Crippen molar-refractivity contribution in [2.24, 2.45) is 0 Å². The van der Waals surface area contributed by atoms with Crippen molar-refractivity contribution in [2.75, 3.05) is 5.32 Å². The average molecular weight is 361 g/mol. The first-order valence-electron chi connectivity index (χ1n) is 8.67. The van der Waals surface area contributed by atoms with E-state index >= 15 is 0 Å². The molecule has 1 nitrogen and oxygen atoms in total. The van der Waals surface area contributed by atoms with E-state index in [1.807, 2.05) is 61.5 Å². The molecule has 0 saturated heterocycles. The van der Waals surface area contributed by atoms with Crippen LogP contribution in [0.1, 0.15) is 22.7 Å². The zero-order valence-electron chi connectivity index (χ0n) is 15.2. The first kappa shape index (κ1) is 18.6. The van der Waals surface area contributed by atoms with Gasteiger partial charge in [-0.25, -0.2) is 8.78 Å². The molecule has 0 fully saturated rings. The summed E-state index contributed by atoms with van der Waals surface area (Å²) in [5.41, 5.74) is 4.89. The van der Waals surface area contributed by atoms with Crippen LogP contribution in [-0.2, 0) is 0 Å². The summed E-state index contributed by atoms with van der Waals surface area (Å²) in [4.78, 5) is 0. The molecule has 0 aromatic heterocycles. The minimum Gasteiger partial charge on any atom is -0.374 e. The predicted molar refractivity (Wildman–Crippen MR) is 109 cm³/mol. The Morgan fingerprint density at radius 2 is 1.44 bits per heavy atom. The highest BCUT2D eigenvalue weighted by Crippen LogP contribution is 2.35. The van der Waals surface area contributed by atoms with Gasteiger partial charge < -0.3 is 5.32 Å². The van der Waals surface area contributed by atoms with Crippen LogP contribution in [0.3, 0.4) is 0 Å². The Morgan fingerprint density at radius 3 is 2.07 bits per heavy atom. The quantitative estimate of drug-likeness (QED) is 0.482. The fraction of sp³-hybridized carbons (Fsp3) is 0.0833. The van der Waals surface area contributed by atoms with Gasteiger partial charge in [0.05, 0.1) is 6.04 Å². The third kappa shape index (κ3) is 4.32. The summed E-state index contributed by atoms with van der Waals surface area (Å²) >= 11 is 0. The van der Waals surface area contributed by atoms with Crippen molar-refractivity contribution in [1.82, 2.24) is 0 Å². The lowest BCUT2D eigenvalue weighted by molar-refractivity contribution is 0.584. The van der Waals surface area contributed by atoms with Crippen LogP contribution in [-0.4, -0.2) is 0 Å². The highest BCUT2D eigenvalue weighted by atomic mass is 19.1. The van der Waals surface area contributed by atoms with E-state index in [2.05, 4.69) is 18.5 Å². The fourth-order valence-electron chi connectivity index (χ4n) is 3.08. The fourth-order valence-corrected chi connectivity index (χ4v) is 3.08. The average Bonchev–Trinajstić information content (AvgIpc) is 2.65. The maximum Gasteiger partial charge on any atom is 0.128 e. The summed E-state index contributed by atoms with van der Waals surface area (Å²) in [6.45, 7) is 10.5. The van der Waals surface area contributed by atoms with Crippen LogP contribution < -0.4 is 5.32 Å². The lowest BCUT2D eigenvalue weighted by Crippen LogP contribution is -2.14. The van der Waals surface area contributed by atoms with Crippen LogP contribution in [0.2, 0.25) is 0 Å². The van der Waals surface area contributed by atoms with E-state index in [9.17, 15) is 8.78 Å². The predicted octanol–water partition coefficient (Wildman–Crippen LogP) is 6.70. The molecule has 0 radical (unpaired) electrons. The maximum atomic E-state index is 13.6. The Labute approximate surface area is 158 Å². The molecule has 0 bridgehead atoms. The molecular formula is C24H21F2N. The molecule has 0 aliphatic rings. The van der Waals surface area contributed by atoms with Crippen molar-refractivity contribution in [2.45, 2.75) is 13.0 Å². The lowest BCUT2D eigenvalue weighted by Gasteiger charge is -2.25. The topological polar surface area (TPSA) is 12.0 Å². The normalized spacial score (nSPS) is 11.7. The van der Waals surface area contributed by atoms with Crippen molar-refractivity contribution in [3.63, 3.8) is 0 Å². The molecule has 3 rings (SSSR count). The molecule has 0 aliphatic heterocycles. The molecule has 1 N–H and O–H groups in total. The molecule has 0 heterocycles. The van der Waals surface area contributed by atoms with Crippen LogP contribution in [0.4, 0.5) is 14.5 Å². The number of benzene rings is 3. The second-order valence-corrected chi connectivity index (χ2v) is 6.46. The molecule has 0 spiro atoms. The monoisotopic (exact) mass is 361 g/mol. The summed E-state index contributed by atoms with van der Waals surface area (Å²) < 4.78 is 27.3. The molecule has 3 heteroatoms. The van der Waals surface area contributed by atoms with Gasteiger partial charge in [0.2, 0.25) is 0 Å². The van der Waals surface area contributed by atoms with Crippen LogP contribution in [0.5, 0.6) is 0 Å². The van der Waals surface area contributed by atoms with E-state index in [0.717, 1.165) is 33.9 Å². The molecular weight excluding hydrogens is 340 g/mol. The van der Waals surface area contributed by atoms with E-state index in [-0.39, 0.29) is 6.04 Å². The molecule has 1 atom stereocenters. The second-order valence-electron chi connectivity index (χ2n) is 6.46. The number of nitrogens with one attached hydrogen (secondary N) is 1. The number of rotatable bonds is 6. The molecule has 0 saturated carbocycles. The number of anilines is 1. The van der Waals surface area contributed by atoms with Gasteiger partial charge in [0.1, 0.15) is 11.6 Å². The lowest BCUT2D eigenvalue weighted by atomic mass is 9.89. The van der Waals surface area contributed by atoms with E-state index < -0.39 is 11.6 Å². The molecule has 0 aliphatic carbocycles. The van der Waals surface area contributed by atoms with Gasteiger partial charge in [0, 0.05) is 11.8 Å². The van der Waals surface area contributed by atoms with Crippen molar-refractivity contribution in [3.8, 4) is 0 Å². The summed E-state index contributed by atoms with van der Waals surface area (Å²) in [6.07, 6.45) is 0. The smallest absolute Gasteiger partial charge is 0.128 e. The van der Waals surface area contributed by atoms with E-state index in [1.165, 1.54) is 12.1 Å². The molecule has 3 aromatic carbocycles. The number of hydrogen-bond donors (Lipinski definition) is 1. The van der Waals surface area contributed by atoms with E-state index in [4.69, 9.17) is 0 Å². The number of halogens is 2. The van der Waals surface area contributed by atoms with Crippen molar-refractivity contribution in [3.05, 3.63) is 120 Å². The molecule has 0 amide bonds. The minimum absolute atomic E-state index is 0.347. The van der Waals surface area contributed by atoms with Crippen molar-refractivity contribution in [1.29, 1.82) is 0 Å². The zero-order chi connectivity index (χ0) is 19.4. The van der Waals surface area contributed by atoms with Gasteiger partial charge in [-0.2, -0.15) is 0 Å². The Bertz CT molecular complexity index is 956. The minimum atomic E-state index is -0.632. The van der Waals surface area contributed by atoms with E-state index in [0.29, 0.717) is 5.69 Å². The molecule has 1 unspecified atom stereocenters. The highest BCUT2D eigenvalue weighted by molar-refractivity contribution is 5.80. The van der Waals surface area contributed by atoms with Crippen molar-refractivity contribution < 1.29 is 8.78 Å². The van der Waals surface area contributed by atoms with Gasteiger partial charge in [0.25, 0.3) is 0 Å². The Hall–Kier alpha value is -3.20. The van der Waals surface area contributed by atoms with Crippen molar-refractivity contribution >= 4 is 11.3 Å². The summed E-state index contributed by atoms with van der Waals surface area (Å²) in [5, 5.41) is 3.21. The SMILES string of the molecule is C=C(C(=C)C(Nc1cc(F)cc(F)c1)c1ccccc1)c1ccccc1C. The molecule has 27 heavy (non-hydrogen) atoms. The van der Waals surface area contributed by atoms with Crippen LogP contribution in [0.15, 0.2) is 91.5 Å². The first-order chi connectivity index (χ1) is 13.0. The zero-order valence-corrected chi connectivity index (χ0v) is 15.2. The molecule has 3 aromatic rings. The first-order valence-corrected chi connectivity index (χ1v) is 8.67.